The Morgan fingerprint density at radius 3 is 2.83 bits per heavy atom. The van der Waals surface area contributed by atoms with Crippen LogP contribution in [0.2, 0.25) is 0 Å². The highest BCUT2D eigenvalue weighted by Gasteiger charge is 2.04. The predicted octanol–water partition coefficient (Wildman–Crippen LogP) is 3.98. The van der Waals surface area contributed by atoms with Crippen molar-refractivity contribution in [3.8, 4) is 0 Å². The third kappa shape index (κ3) is 5.03. The first-order chi connectivity index (χ1) is 14.5. The van der Waals surface area contributed by atoms with Gasteiger partial charge in [-0.25, -0.2) is 4.98 Å². The summed E-state index contributed by atoms with van der Waals surface area (Å²) in [7, 11) is 0. The number of nitrogens with one attached hydrogen (secondary N) is 2. The lowest BCUT2D eigenvalue weighted by Gasteiger charge is -2.07. The van der Waals surface area contributed by atoms with Crippen LogP contribution in [0.5, 0.6) is 0 Å². The van der Waals surface area contributed by atoms with Crippen LogP contribution in [0.1, 0.15) is 11.3 Å². The van der Waals surface area contributed by atoms with Crippen molar-refractivity contribution in [2.75, 3.05) is 5.32 Å². The van der Waals surface area contributed by atoms with E-state index in [1.54, 1.807) is 18.0 Å². The molecule has 4 rings (SSSR count). The maximum atomic E-state index is 12.0. The van der Waals surface area contributed by atoms with Crippen molar-refractivity contribution >= 4 is 40.3 Å². The molecule has 0 aliphatic carbocycles. The van der Waals surface area contributed by atoms with Gasteiger partial charge in [0.25, 0.3) is 5.56 Å². The molecule has 0 unspecified atom stereocenters. The number of nitrogens with zero attached hydrogens (tertiary/aromatic N) is 3. The molecule has 8 heteroatoms. The van der Waals surface area contributed by atoms with E-state index in [0.29, 0.717) is 11.4 Å². The third-order valence-corrected chi connectivity index (χ3v) is 5.34. The van der Waals surface area contributed by atoms with Crippen LogP contribution >= 0.6 is 11.8 Å². The zero-order valence-electron chi connectivity index (χ0n) is 16.3. The number of guanidine groups is 1. The van der Waals surface area contributed by atoms with Gasteiger partial charge in [0.2, 0.25) is 11.9 Å². The number of hydrogen-bond acceptors (Lipinski definition) is 5. The fourth-order valence-corrected chi connectivity index (χ4v) is 3.64. The van der Waals surface area contributed by atoms with Gasteiger partial charge in [0.15, 0.2) is 0 Å². The summed E-state index contributed by atoms with van der Waals surface area (Å²) in [6, 6.07) is 19.3. The smallest absolute Gasteiger partial charge is 0.252 e. The average Bonchev–Trinajstić information content (AvgIpc) is 2.73. The highest BCUT2D eigenvalue weighted by Crippen LogP contribution is 2.22. The van der Waals surface area contributed by atoms with Crippen molar-refractivity contribution in [2.24, 2.45) is 10.7 Å². The van der Waals surface area contributed by atoms with E-state index in [1.807, 2.05) is 49.4 Å². The van der Waals surface area contributed by atoms with Crippen LogP contribution in [0.4, 0.5) is 11.6 Å². The summed E-state index contributed by atoms with van der Waals surface area (Å²) in [6.07, 6.45) is 1.73. The van der Waals surface area contributed by atoms with Gasteiger partial charge in [-0.1, -0.05) is 29.8 Å². The van der Waals surface area contributed by atoms with E-state index in [1.165, 1.54) is 11.6 Å². The zero-order chi connectivity index (χ0) is 20.9. The number of fused-ring (bicyclic) bond motifs is 1. The standard InChI is InChI=1S/C22H20N6OS/c1-14-4-8-18(9-5-14)30-13-17-12-20(29)27-22(26-17)28-21(23)25-16-7-6-15-3-2-10-24-19(15)11-16/h2-12H,13H2,1H3,(H4,23,25,26,27,28,29). The summed E-state index contributed by atoms with van der Waals surface area (Å²) in [5.74, 6) is 0.835. The van der Waals surface area contributed by atoms with Gasteiger partial charge in [0.05, 0.1) is 11.2 Å². The second-order valence-electron chi connectivity index (χ2n) is 6.69. The van der Waals surface area contributed by atoms with Gasteiger partial charge in [0, 0.05) is 34.0 Å². The van der Waals surface area contributed by atoms with Crippen molar-refractivity contribution in [3.63, 3.8) is 0 Å². The van der Waals surface area contributed by atoms with Gasteiger partial charge >= 0.3 is 0 Å². The maximum absolute atomic E-state index is 12.0. The summed E-state index contributed by atoms with van der Waals surface area (Å²) in [4.78, 5) is 28.7. The summed E-state index contributed by atoms with van der Waals surface area (Å²) in [5.41, 5.74) is 9.17. The van der Waals surface area contributed by atoms with E-state index in [9.17, 15) is 4.79 Å². The van der Waals surface area contributed by atoms with Crippen molar-refractivity contribution in [2.45, 2.75) is 17.6 Å². The van der Waals surface area contributed by atoms with E-state index in [4.69, 9.17) is 5.73 Å². The van der Waals surface area contributed by atoms with Crippen LogP contribution in [0.15, 0.2) is 81.5 Å². The summed E-state index contributed by atoms with van der Waals surface area (Å²) in [6.45, 7) is 2.05. The van der Waals surface area contributed by atoms with Gasteiger partial charge in [-0.2, -0.15) is 4.99 Å². The molecule has 0 radical (unpaired) electrons. The van der Waals surface area contributed by atoms with Crippen molar-refractivity contribution in [1.82, 2.24) is 15.0 Å². The second-order valence-corrected chi connectivity index (χ2v) is 7.74. The molecule has 0 aliphatic rings. The zero-order valence-corrected chi connectivity index (χ0v) is 17.1. The Hall–Kier alpha value is -3.65. The van der Waals surface area contributed by atoms with Crippen molar-refractivity contribution in [3.05, 3.63) is 88.5 Å². The Balaban J connectivity index is 1.48. The molecule has 0 amide bonds. The first kappa shape index (κ1) is 19.7. The van der Waals surface area contributed by atoms with Gasteiger partial charge < -0.3 is 11.1 Å². The molecule has 2 aromatic heterocycles. The number of aliphatic imine (C=N–C) groups is 1. The molecule has 150 valence electrons. The highest BCUT2D eigenvalue weighted by atomic mass is 32.2. The summed E-state index contributed by atoms with van der Waals surface area (Å²) < 4.78 is 0. The highest BCUT2D eigenvalue weighted by molar-refractivity contribution is 7.98. The Labute approximate surface area is 177 Å². The first-order valence-corrected chi connectivity index (χ1v) is 10.3. The SMILES string of the molecule is Cc1ccc(SCc2cc(=O)[nH]c(/N=C(\N)Nc3ccc4cccnc4c3)n2)cc1. The number of pyridine rings is 1. The molecule has 2 aromatic carbocycles. The molecular formula is C22H20N6OS. The van der Waals surface area contributed by atoms with Crippen LogP contribution < -0.4 is 16.6 Å². The Morgan fingerprint density at radius 1 is 1.17 bits per heavy atom. The molecule has 0 saturated carbocycles. The number of nitrogens with two attached hydrogens (primary N) is 1. The molecule has 0 aliphatic heterocycles. The lowest BCUT2D eigenvalue weighted by Crippen LogP contribution is -2.22. The van der Waals surface area contributed by atoms with Crippen molar-refractivity contribution in [1.29, 1.82) is 0 Å². The maximum Gasteiger partial charge on any atom is 0.252 e. The van der Waals surface area contributed by atoms with E-state index in [0.717, 1.165) is 21.5 Å². The van der Waals surface area contributed by atoms with Crippen molar-refractivity contribution < 1.29 is 0 Å². The number of anilines is 1. The number of H-pyrrole nitrogens is 1. The third-order valence-electron chi connectivity index (χ3n) is 4.29. The number of thioether (sulfide) groups is 1. The van der Waals surface area contributed by atoms with E-state index in [-0.39, 0.29) is 17.5 Å². The van der Waals surface area contributed by atoms with Gasteiger partial charge in [0.1, 0.15) is 0 Å². The number of aromatic nitrogens is 3. The van der Waals surface area contributed by atoms with E-state index < -0.39 is 0 Å². The van der Waals surface area contributed by atoms with Gasteiger partial charge in [-0.3, -0.25) is 14.8 Å². The number of aromatic amines is 1. The van der Waals surface area contributed by atoms with E-state index >= 15 is 0 Å². The Bertz CT molecular complexity index is 1270. The Morgan fingerprint density at radius 2 is 2.00 bits per heavy atom. The minimum atomic E-state index is -0.272. The molecule has 4 N–H and O–H groups in total. The fourth-order valence-electron chi connectivity index (χ4n) is 2.85. The molecule has 7 nitrogen and oxygen atoms in total. The normalized spacial score (nSPS) is 11.6. The lowest BCUT2D eigenvalue weighted by molar-refractivity contribution is 1.04. The molecule has 4 aromatic rings. The molecule has 0 saturated heterocycles. The Kier molecular flexibility index (Phi) is 5.76. The predicted molar refractivity (Wildman–Crippen MR) is 122 cm³/mol. The fraction of sp³-hybridized carbons (Fsp3) is 0.0909. The van der Waals surface area contributed by atoms with Gasteiger partial charge in [-0.15, -0.1) is 11.8 Å². The lowest BCUT2D eigenvalue weighted by atomic mass is 10.2. The molecular weight excluding hydrogens is 396 g/mol. The molecule has 0 fully saturated rings. The monoisotopic (exact) mass is 416 g/mol. The molecule has 0 atom stereocenters. The van der Waals surface area contributed by atoms with Gasteiger partial charge in [-0.05, 0) is 37.3 Å². The molecule has 2 heterocycles. The largest absolute Gasteiger partial charge is 0.369 e. The minimum Gasteiger partial charge on any atom is -0.369 e. The summed E-state index contributed by atoms with van der Waals surface area (Å²) >= 11 is 1.60. The topological polar surface area (TPSA) is 109 Å². The van der Waals surface area contributed by atoms with Crippen LogP contribution in [-0.2, 0) is 5.75 Å². The minimum absolute atomic E-state index is 0.122. The van der Waals surface area contributed by atoms with Crippen LogP contribution in [0.25, 0.3) is 10.9 Å². The molecule has 0 spiro atoms. The molecule has 0 bridgehead atoms. The second kappa shape index (κ2) is 8.79. The quantitative estimate of drug-likeness (QED) is 0.258. The summed E-state index contributed by atoms with van der Waals surface area (Å²) in [5, 5.41) is 4.04. The average molecular weight is 417 g/mol. The number of aryl methyl sites for hydroxylation is 1. The van der Waals surface area contributed by atoms with Crippen LogP contribution in [0, 0.1) is 6.92 Å². The number of benzene rings is 2. The van der Waals surface area contributed by atoms with Crippen LogP contribution in [-0.4, -0.2) is 20.9 Å². The van der Waals surface area contributed by atoms with Crippen LogP contribution in [0.3, 0.4) is 0 Å². The first-order valence-electron chi connectivity index (χ1n) is 9.31. The number of rotatable bonds is 5. The number of hydrogen-bond donors (Lipinski definition) is 3. The molecule has 30 heavy (non-hydrogen) atoms. The van der Waals surface area contributed by atoms with E-state index in [2.05, 4.69) is 37.4 Å².